The van der Waals surface area contributed by atoms with Crippen molar-refractivity contribution in [1.29, 1.82) is 0 Å². The van der Waals surface area contributed by atoms with Gasteiger partial charge in [-0.25, -0.2) is 0 Å². The molecular weight excluding hydrogens is 356 g/mol. The Hall–Kier alpha value is -2.61. The molecule has 2 nitrogen and oxygen atoms in total. The van der Waals surface area contributed by atoms with Crippen molar-refractivity contribution in [2.45, 2.75) is 64.7 Å². The van der Waals surface area contributed by atoms with E-state index in [1.165, 1.54) is 76.4 Å². The van der Waals surface area contributed by atoms with E-state index in [4.69, 9.17) is 5.11 Å². The molecule has 150 valence electrons. The molecule has 0 heterocycles. The van der Waals surface area contributed by atoms with Crippen LogP contribution in [0.5, 0.6) is 0 Å². The van der Waals surface area contributed by atoms with Crippen LogP contribution in [-0.4, -0.2) is 11.1 Å². The highest BCUT2D eigenvalue weighted by Gasteiger charge is 2.13. The monoisotopic (exact) mass is 386 g/mol. The highest BCUT2D eigenvalue weighted by Crippen LogP contribution is 2.38. The summed E-state index contributed by atoms with van der Waals surface area (Å²) in [5.41, 5.74) is 2.58. The molecule has 4 aromatic rings. The Bertz CT molecular complexity index is 1130. The van der Waals surface area contributed by atoms with E-state index in [-0.39, 0.29) is 6.42 Å². The lowest BCUT2D eigenvalue weighted by atomic mass is 9.88. The Balaban J connectivity index is 1.70. The first-order valence-electron chi connectivity index (χ1n) is 11.1. The third-order valence-electron chi connectivity index (χ3n) is 6.25. The molecule has 0 saturated heterocycles. The normalized spacial score (nSPS) is 11.8. The number of carbonyl (C=O) groups is 1. The van der Waals surface area contributed by atoms with Crippen LogP contribution < -0.4 is 0 Å². The fourth-order valence-electron chi connectivity index (χ4n) is 4.70. The van der Waals surface area contributed by atoms with E-state index in [1.807, 2.05) is 0 Å². The molecular formula is C27H30O2. The molecule has 0 saturated carbocycles. The van der Waals surface area contributed by atoms with E-state index < -0.39 is 5.97 Å². The summed E-state index contributed by atoms with van der Waals surface area (Å²) in [6.45, 7) is 2.26. The first kappa shape index (κ1) is 19.7. The van der Waals surface area contributed by atoms with E-state index in [2.05, 4.69) is 55.5 Å². The average Bonchev–Trinajstić information content (AvgIpc) is 2.74. The zero-order valence-electron chi connectivity index (χ0n) is 17.3. The molecule has 0 aromatic heterocycles. The maximum atomic E-state index is 11.1. The van der Waals surface area contributed by atoms with Gasteiger partial charge in [-0.2, -0.15) is 0 Å². The topological polar surface area (TPSA) is 37.3 Å². The van der Waals surface area contributed by atoms with Crippen LogP contribution in [0, 0.1) is 0 Å². The first-order chi connectivity index (χ1) is 14.2. The standard InChI is InChI=1S/C27H30O2/c1-2-3-4-5-6-7-8-19-9-11-21-14-17-24-20(15-18-25(28)29)10-12-22-13-16-23(19)26(21)27(22)24/h9-14,16-17H,2-8,15,18H2,1H3,(H,28,29). The van der Waals surface area contributed by atoms with Crippen molar-refractivity contribution in [3.05, 3.63) is 59.7 Å². The highest BCUT2D eigenvalue weighted by atomic mass is 16.4. The number of unbranched alkanes of at least 4 members (excludes halogenated alkanes) is 5. The molecule has 1 N–H and O–H groups in total. The SMILES string of the molecule is CCCCCCCCc1ccc2ccc3c(CCC(=O)O)ccc4ccc1c2c43. The largest absolute Gasteiger partial charge is 0.481 e. The molecule has 29 heavy (non-hydrogen) atoms. The molecule has 0 amide bonds. The number of benzene rings is 4. The minimum Gasteiger partial charge on any atom is -0.481 e. The van der Waals surface area contributed by atoms with E-state index >= 15 is 0 Å². The molecule has 0 fully saturated rings. The number of aryl methyl sites for hydroxylation is 2. The van der Waals surface area contributed by atoms with Crippen LogP contribution in [0.25, 0.3) is 32.3 Å². The number of hydrogen-bond acceptors (Lipinski definition) is 1. The van der Waals surface area contributed by atoms with Crippen LogP contribution in [0.2, 0.25) is 0 Å². The van der Waals surface area contributed by atoms with Gasteiger partial charge in [0.15, 0.2) is 0 Å². The van der Waals surface area contributed by atoms with Gasteiger partial charge in [0.05, 0.1) is 0 Å². The molecule has 0 unspecified atom stereocenters. The third kappa shape index (κ3) is 4.07. The van der Waals surface area contributed by atoms with Gasteiger partial charge in [-0.05, 0) is 62.7 Å². The van der Waals surface area contributed by atoms with E-state index in [1.54, 1.807) is 0 Å². The molecule has 0 aliphatic carbocycles. The van der Waals surface area contributed by atoms with Gasteiger partial charge in [-0.3, -0.25) is 4.79 Å². The summed E-state index contributed by atoms with van der Waals surface area (Å²) in [6, 6.07) is 17.7. The summed E-state index contributed by atoms with van der Waals surface area (Å²) in [6.07, 6.45) is 9.78. The fourth-order valence-corrected chi connectivity index (χ4v) is 4.70. The van der Waals surface area contributed by atoms with Crippen LogP contribution in [0.1, 0.15) is 63.0 Å². The van der Waals surface area contributed by atoms with Crippen LogP contribution >= 0.6 is 0 Å². The lowest BCUT2D eigenvalue weighted by Gasteiger charge is -2.16. The van der Waals surface area contributed by atoms with Crippen LogP contribution in [0.3, 0.4) is 0 Å². The number of carboxylic acids is 1. The molecule has 0 bridgehead atoms. The Kier molecular flexibility index (Phi) is 5.99. The van der Waals surface area contributed by atoms with Gasteiger partial charge in [0.25, 0.3) is 0 Å². The highest BCUT2D eigenvalue weighted by molar-refractivity contribution is 6.24. The third-order valence-corrected chi connectivity index (χ3v) is 6.25. The predicted molar refractivity (Wildman–Crippen MR) is 123 cm³/mol. The summed E-state index contributed by atoms with van der Waals surface area (Å²) in [7, 11) is 0. The van der Waals surface area contributed by atoms with Crippen molar-refractivity contribution >= 4 is 38.3 Å². The Labute approximate surface area is 172 Å². The second-order valence-corrected chi connectivity index (χ2v) is 8.28. The zero-order valence-corrected chi connectivity index (χ0v) is 17.3. The maximum absolute atomic E-state index is 11.1. The zero-order chi connectivity index (χ0) is 20.2. The lowest BCUT2D eigenvalue weighted by molar-refractivity contribution is -0.136. The molecule has 0 spiro atoms. The first-order valence-corrected chi connectivity index (χ1v) is 11.1. The molecule has 0 radical (unpaired) electrons. The lowest BCUT2D eigenvalue weighted by Crippen LogP contribution is -1.98. The van der Waals surface area contributed by atoms with Gasteiger partial charge in [-0.1, -0.05) is 87.6 Å². The van der Waals surface area contributed by atoms with Gasteiger partial charge in [0, 0.05) is 6.42 Å². The summed E-state index contributed by atoms with van der Waals surface area (Å²) in [4.78, 5) is 11.1. The minimum atomic E-state index is -0.739. The second kappa shape index (κ2) is 8.82. The minimum absolute atomic E-state index is 0.174. The van der Waals surface area contributed by atoms with E-state index in [0.29, 0.717) is 6.42 Å². The van der Waals surface area contributed by atoms with Gasteiger partial charge in [0.1, 0.15) is 0 Å². The van der Waals surface area contributed by atoms with Crippen molar-refractivity contribution in [2.75, 3.05) is 0 Å². The average molecular weight is 387 g/mol. The van der Waals surface area contributed by atoms with E-state index in [9.17, 15) is 4.79 Å². The van der Waals surface area contributed by atoms with Crippen molar-refractivity contribution in [1.82, 2.24) is 0 Å². The second-order valence-electron chi connectivity index (χ2n) is 8.28. The van der Waals surface area contributed by atoms with Gasteiger partial charge >= 0.3 is 5.97 Å². The molecule has 4 rings (SSSR count). The van der Waals surface area contributed by atoms with Gasteiger partial charge in [0.2, 0.25) is 0 Å². The van der Waals surface area contributed by atoms with Crippen LogP contribution in [-0.2, 0) is 17.6 Å². The quantitative estimate of drug-likeness (QED) is 0.226. The van der Waals surface area contributed by atoms with Crippen LogP contribution in [0.4, 0.5) is 0 Å². The van der Waals surface area contributed by atoms with Crippen molar-refractivity contribution in [3.63, 3.8) is 0 Å². The van der Waals surface area contributed by atoms with Crippen LogP contribution in [0.15, 0.2) is 48.5 Å². The fraction of sp³-hybridized carbons (Fsp3) is 0.370. The van der Waals surface area contributed by atoms with Gasteiger partial charge < -0.3 is 5.11 Å². The number of hydrogen-bond donors (Lipinski definition) is 1. The smallest absolute Gasteiger partial charge is 0.303 e. The summed E-state index contributed by atoms with van der Waals surface area (Å²) >= 11 is 0. The molecule has 0 atom stereocenters. The molecule has 0 aliphatic heterocycles. The number of carboxylic acid groups (broad SMARTS) is 1. The predicted octanol–water partition coefficient (Wildman–Crippen LogP) is 7.50. The van der Waals surface area contributed by atoms with Crippen molar-refractivity contribution in [2.24, 2.45) is 0 Å². The molecule has 0 aliphatic rings. The Morgan fingerprint density at radius 1 is 0.690 bits per heavy atom. The van der Waals surface area contributed by atoms with E-state index in [0.717, 1.165) is 12.0 Å². The number of aliphatic carboxylic acids is 1. The summed E-state index contributed by atoms with van der Waals surface area (Å²) in [5, 5.41) is 16.8. The summed E-state index contributed by atoms with van der Waals surface area (Å²) in [5.74, 6) is -0.739. The van der Waals surface area contributed by atoms with Crippen molar-refractivity contribution < 1.29 is 9.90 Å². The molecule has 2 heteroatoms. The Morgan fingerprint density at radius 2 is 1.21 bits per heavy atom. The summed E-state index contributed by atoms with van der Waals surface area (Å²) < 4.78 is 0. The van der Waals surface area contributed by atoms with Gasteiger partial charge in [-0.15, -0.1) is 0 Å². The molecule has 4 aromatic carbocycles. The number of rotatable bonds is 10. The maximum Gasteiger partial charge on any atom is 0.303 e. The Morgan fingerprint density at radius 3 is 1.79 bits per heavy atom. The van der Waals surface area contributed by atoms with Crippen molar-refractivity contribution in [3.8, 4) is 0 Å².